The zero-order valence-electron chi connectivity index (χ0n) is 16.4. The maximum atomic E-state index is 14.7. The van der Waals surface area contributed by atoms with Crippen molar-refractivity contribution in [2.75, 3.05) is 13.2 Å². The molecule has 152 valence electrons. The molecule has 0 atom stereocenters. The second-order valence-electron chi connectivity index (χ2n) is 9.12. The zero-order chi connectivity index (χ0) is 20.1. The summed E-state index contributed by atoms with van der Waals surface area (Å²) in [5, 5.41) is 9.22. The molecule has 2 N–H and O–H groups in total. The summed E-state index contributed by atoms with van der Waals surface area (Å²) in [5.74, 6) is 0.0550. The van der Waals surface area contributed by atoms with Crippen LogP contribution in [-0.2, 0) is 11.2 Å². The van der Waals surface area contributed by atoms with Crippen LogP contribution in [0, 0.1) is 22.6 Å². The van der Waals surface area contributed by atoms with Gasteiger partial charge in [-0.3, -0.25) is 4.98 Å². The number of hydrogen-bond donors (Lipinski definition) is 1. The molecule has 0 radical (unpaired) electrons. The maximum Gasteiger partial charge on any atom is 0.213 e. The Labute approximate surface area is 169 Å². The molecular weight excluding hydrogens is 371 g/mol. The van der Waals surface area contributed by atoms with Crippen LogP contribution in [0.5, 0.6) is 5.88 Å². The summed E-state index contributed by atoms with van der Waals surface area (Å²) in [7, 11) is 0. The van der Waals surface area contributed by atoms with Crippen LogP contribution >= 0.6 is 0 Å². The van der Waals surface area contributed by atoms with Gasteiger partial charge in [0.05, 0.1) is 40.9 Å². The third-order valence-corrected chi connectivity index (χ3v) is 6.98. The Balaban J connectivity index is 1.37. The average Bonchev–Trinajstić information content (AvgIpc) is 3.53. The third kappa shape index (κ3) is 3.45. The molecule has 2 saturated heterocycles. The Morgan fingerprint density at radius 1 is 1.21 bits per heavy atom. The SMILES string of the molecule is N#CC1(COc2ccc3ncc(F)c(CCC45CCC(N)(CC4)CO5)c3n2)CC1. The third-order valence-electron chi connectivity index (χ3n) is 6.98. The van der Waals surface area contributed by atoms with Gasteiger partial charge < -0.3 is 15.2 Å². The lowest BCUT2D eigenvalue weighted by Gasteiger charge is -2.51. The van der Waals surface area contributed by atoms with Gasteiger partial charge >= 0.3 is 0 Å². The van der Waals surface area contributed by atoms with E-state index in [1.165, 1.54) is 6.20 Å². The molecule has 4 fully saturated rings. The largest absolute Gasteiger partial charge is 0.476 e. The number of halogens is 1. The van der Waals surface area contributed by atoms with Crippen molar-refractivity contribution in [3.8, 4) is 11.9 Å². The highest BCUT2D eigenvalue weighted by molar-refractivity contribution is 5.78. The summed E-state index contributed by atoms with van der Waals surface area (Å²) >= 11 is 0. The summed E-state index contributed by atoms with van der Waals surface area (Å²) in [6.45, 7) is 0.904. The van der Waals surface area contributed by atoms with E-state index in [0.717, 1.165) is 44.9 Å². The van der Waals surface area contributed by atoms with E-state index in [0.29, 0.717) is 42.1 Å². The van der Waals surface area contributed by atoms with Gasteiger partial charge in [0.15, 0.2) is 0 Å². The maximum absolute atomic E-state index is 14.7. The molecule has 29 heavy (non-hydrogen) atoms. The summed E-state index contributed by atoms with van der Waals surface area (Å²) in [5.41, 5.74) is 7.27. The molecule has 2 bridgehead atoms. The Kier molecular flexibility index (Phi) is 4.27. The summed E-state index contributed by atoms with van der Waals surface area (Å²) in [6.07, 6.45) is 8.00. The fraction of sp³-hybridized carbons (Fsp3) is 0.591. The molecular formula is C22H25FN4O2. The number of fused-ring (bicyclic) bond motifs is 4. The van der Waals surface area contributed by atoms with E-state index >= 15 is 0 Å². The molecule has 0 spiro atoms. The van der Waals surface area contributed by atoms with Gasteiger partial charge in [0.1, 0.15) is 12.4 Å². The van der Waals surface area contributed by atoms with Gasteiger partial charge in [-0.05, 0) is 57.4 Å². The minimum Gasteiger partial charge on any atom is -0.476 e. The van der Waals surface area contributed by atoms with Gasteiger partial charge in [-0.15, -0.1) is 0 Å². The van der Waals surface area contributed by atoms with Crippen molar-refractivity contribution in [3.05, 3.63) is 29.7 Å². The van der Waals surface area contributed by atoms with Gasteiger partial charge in [0.25, 0.3) is 0 Å². The zero-order valence-corrected chi connectivity index (χ0v) is 16.4. The van der Waals surface area contributed by atoms with Crippen LogP contribution in [0.2, 0.25) is 0 Å². The minimum atomic E-state index is -0.379. The van der Waals surface area contributed by atoms with Crippen molar-refractivity contribution in [1.82, 2.24) is 9.97 Å². The van der Waals surface area contributed by atoms with Gasteiger partial charge in [-0.25, -0.2) is 9.37 Å². The number of ether oxygens (including phenoxy) is 2. The first-order chi connectivity index (χ1) is 13.9. The first-order valence-corrected chi connectivity index (χ1v) is 10.4. The topological polar surface area (TPSA) is 94.0 Å². The second kappa shape index (κ2) is 6.61. The molecule has 6 nitrogen and oxygen atoms in total. The van der Waals surface area contributed by atoms with E-state index in [1.54, 1.807) is 12.1 Å². The number of hydrogen-bond acceptors (Lipinski definition) is 6. The van der Waals surface area contributed by atoms with Crippen molar-refractivity contribution >= 4 is 11.0 Å². The van der Waals surface area contributed by atoms with E-state index in [-0.39, 0.29) is 22.4 Å². The Morgan fingerprint density at radius 3 is 2.66 bits per heavy atom. The standard InChI is InChI=1S/C22H25FN4O2/c23-16-11-26-17-1-2-18(28-13-20(12-24)5-6-20)27-19(17)15(16)3-4-22-9-7-21(25,8-10-22)14-29-22/h1-2,11H,3-10,13-14,25H2. The summed E-state index contributed by atoms with van der Waals surface area (Å²) in [4.78, 5) is 8.72. The number of nitriles is 1. The lowest BCUT2D eigenvalue weighted by molar-refractivity contribution is -0.156. The monoisotopic (exact) mass is 396 g/mol. The predicted octanol–water partition coefficient (Wildman–Crippen LogP) is 3.42. The minimum absolute atomic E-state index is 0.174. The number of aromatic nitrogens is 2. The molecule has 0 aromatic carbocycles. The molecule has 2 aliphatic heterocycles. The van der Waals surface area contributed by atoms with Crippen LogP contribution in [0.15, 0.2) is 18.3 Å². The van der Waals surface area contributed by atoms with Crippen molar-refractivity contribution in [3.63, 3.8) is 0 Å². The smallest absolute Gasteiger partial charge is 0.213 e. The number of pyridine rings is 2. The quantitative estimate of drug-likeness (QED) is 0.804. The Hall–Kier alpha value is -2.30. The lowest BCUT2D eigenvalue weighted by Crippen LogP contribution is -2.59. The highest BCUT2D eigenvalue weighted by Gasteiger charge is 2.47. The predicted molar refractivity (Wildman–Crippen MR) is 105 cm³/mol. The van der Waals surface area contributed by atoms with E-state index in [2.05, 4.69) is 16.0 Å². The lowest BCUT2D eigenvalue weighted by atomic mass is 9.70. The van der Waals surface area contributed by atoms with Gasteiger partial charge in [0.2, 0.25) is 5.88 Å². The number of aryl methyl sites for hydroxylation is 1. The molecule has 4 aliphatic rings. The van der Waals surface area contributed by atoms with Crippen LogP contribution < -0.4 is 10.5 Å². The van der Waals surface area contributed by atoms with Crippen LogP contribution in [0.4, 0.5) is 4.39 Å². The van der Waals surface area contributed by atoms with Gasteiger partial charge in [-0.2, -0.15) is 5.26 Å². The Morgan fingerprint density at radius 2 is 2.00 bits per heavy atom. The Bertz CT molecular complexity index is 974. The van der Waals surface area contributed by atoms with Crippen molar-refractivity contribution in [1.29, 1.82) is 5.26 Å². The summed E-state index contributed by atoms with van der Waals surface area (Å²) in [6, 6.07) is 5.83. The molecule has 2 saturated carbocycles. The highest BCUT2D eigenvalue weighted by Crippen LogP contribution is 2.46. The molecule has 7 heteroatoms. The van der Waals surface area contributed by atoms with E-state index in [9.17, 15) is 9.65 Å². The molecule has 6 rings (SSSR count). The van der Waals surface area contributed by atoms with Gasteiger partial charge in [0, 0.05) is 17.2 Å². The van der Waals surface area contributed by atoms with E-state index < -0.39 is 0 Å². The highest BCUT2D eigenvalue weighted by atomic mass is 19.1. The first kappa shape index (κ1) is 18.7. The van der Waals surface area contributed by atoms with Crippen LogP contribution in [0.25, 0.3) is 11.0 Å². The first-order valence-electron chi connectivity index (χ1n) is 10.4. The van der Waals surface area contributed by atoms with E-state index in [1.807, 2.05) is 0 Å². The molecule has 4 heterocycles. The average molecular weight is 396 g/mol. The van der Waals surface area contributed by atoms with Gasteiger partial charge in [-0.1, -0.05) is 0 Å². The molecule has 0 amide bonds. The van der Waals surface area contributed by atoms with E-state index in [4.69, 9.17) is 15.2 Å². The second-order valence-corrected chi connectivity index (χ2v) is 9.12. The molecule has 2 aliphatic carbocycles. The number of rotatable bonds is 6. The number of nitrogens with zero attached hydrogens (tertiary/aromatic N) is 3. The fourth-order valence-corrected chi connectivity index (χ4v) is 4.51. The molecule has 2 aromatic rings. The van der Waals surface area contributed by atoms with Crippen molar-refractivity contribution < 1.29 is 13.9 Å². The normalized spacial score (nSPS) is 29.6. The number of nitrogens with two attached hydrogens (primary N) is 1. The molecule has 2 aromatic heterocycles. The summed E-state index contributed by atoms with van der Waals surface area (Å²) < 4.78 is 26.6. The van der Waals surface area contributed by atoms with Crippen molar-refractivity contribution in [2.45, 2.75) is 62.5 Å². The fourth-order valence-electron chi connectivity index (χ4n) is 4.51. The van der Waals surface area contributed by atoms with Crippen molar-refractivity contribution in [2.24, 2.45) is 11.1 Å². The van der Waals surface area contributed by atoms with Crippen LogP contribution in [0.1, 0.15) is 50.5 Å². The molecule has 0 unspecified atom stereocenters. The van der Waals surface area contributed by atoms with Crippen LogP contribution in [0.3, 0.4) is 0 Å². The van der Waals surface area contributed by atoms with Crippen LogP contribution in [-0.4, -0.2) is 34.3 Å².